The van der Waals surface area contributed by atoms with Crippen molar-refractivity contribution in [2.24, 2.45) is 5.73 Å². The van der Waals surface area contributed by atoms with Crippen LogP contribution in [0.15, 0.2) is 48.7 Å². The van der Waals surface area contributed by atoms with Crippen molar-refractivity contribution < 1.29 is 19.3 Å². The van der Waals surface area contributed by atoms with E-state index >= 15 is 0 Å². The van der Waals surface area contributed by atoms with Crippen molar-refractivity contribution in [3.8, 4) is 34.7 Å². The highest BCUT2D eigenvalue weighted by molar-refractivity contribution is 5.69. The van der Waals surface area contributed by atoms with Gasteiger partial charge in [-0.3, -0.25) is 4.98 Å². The number of ether oxygens (including phenoxy) is 3. The van der Waals surface area contributed by atoms with Gasteiger partial charge in [0.05, 0.1) is 29.5 Å². The van der Waals surface area contributed by atoms with E-state index in [1.807, 2.05) is 6.92 Å². The first-order valence-corrected chi connectivity index (χ1v) is 10.9. The Labute approximate surface area is 192 Å². The molecule has 0 amide bonds. The monoisotopic (exact) mass is 446 g/mol. The van der Waals surface area contributed by atoms with E-state index in [0.29, 0.717) is 46.4 Å². The summed E-state index contributed by atoms with van der Waals surface area (Å²) in [6.45, 7) is 3.18. The maximum Gasteiger partial charge on any atom is 0.217 e. The highest BCUT2D eigenvalue weighted by Crippen LogP contribution is 2.35. The zero-order valence-electron chi connectivity index (χ0n) is 18.4. The number of rotatable bonds is 8. The van der Waals surface area contributed by atoms with Crippen LogP contribution in [-0.4, -0.2) is 40.9 Å². The van der Waals surface area contributed by atoms with Crippen LogP contribution in [0.1, 0.15) is 35.8 Å². The number of nitrogens with zero attached hydrogens (tertiary/aromatic N) is 3. The third-order valence-electron chi connectivity index (χ3n) is 5.35. The molecular formula is C25H26N4O4. The summed E-state index contributed by atoms with van der Waals surface area (Å²) in [7, 11) is 0. The molecule has 33 heavy (non-hydrogen) atoms. The lowest BCUT2D eigenvalue weighted by Crippen LogP contribution is -2.16. The van der Waals surface area contributed by atoms with Crippen LogP contribution in [0.4, 0.5) is 0 Å². The summed E-state index contributed by atoms with van der Waals surface area (Å²) in [4.78, 5) is 8.88. The van der Waals surface area contributed by atoms with Crippen LogP contribution in [0.25, 0.3) is 11.3 Å². The van der Waals surface area contributed by atoms with E-state index < -0.39 is 6.10 Å². The van der Waals surface area contributed by atoms with Gasteiger partial charge in [-0.25, -0.2) is 4.98 Å². The topological polar surface area (TPSA) is 124 Å². The second-order valence-electron chi connectivity index (χ2n) is 7.88. The van der Waals surface area contributed by atoms with Gasteiger partial charge in [-0.2, -0.15) is 5.26 Å². The molecule has 1 saturated heterocycles. The van der Waals surface area contributed by atoms with Crippen LogP contribution in [0.2, 0.25) is 0 Å². The molecule has 2 unspecified atom stereocenters. The minimum atomic E-state index is -0.768. The Kier molecular flexibility index (Phi) is 7.15. The Morgan fingerprint density at radius 3 is 2.85 bits per heavy atom. The summed E-state index contributed by atoms with van der Waals surface area (Å²) in [5.41, 5.74) is 8.71. The van der Waals surface area contributed by atoms with Gasteiger partial charge >= 0.3 is 0 Å². The number of hydrogen-bond donors (Lipinski definition) is 2. The van der Waals surface area contributed by atoms with Crippen LogP contribution < -0.4 is 15.2 Å². The highest BCUT2D eigenvalue weighted by atomic mass is 16.5. The van der Waals surface area contributed by atoms with E-state index in [4.69, 9.17) is 19.9 Å². The number of aromatic nitrogens is 2. The van der Waals surface area contributed by atoms with E-state index in [2.05, 4.69) is 16.0 Å². The van der Waals surface area contributed by atoms with Gasteiger partial charge in [0.2, 0.25) is 5.88 Å². The van der Waals surface area contributed by atoms with Gasteiger partial charge in [0.15, 0.2) is 0 Å². The number of nitriles is 1. The predicted octanol–water partition coefficient (Wildman–Crippen LogP) is 3.67. The lowest BCUT2D eigenvalue weighted by molar-refractivity contribution is 0.0662. The van der Waals surface area contributed by atoms with Crippen LogP contribution >= 0.6 is 0 Å². The Hall–Kier alpha value is -3.51. The van der Waals surface area contributed by atoms with E-state index in [-0.39, 0.29) is 12.6 Å². The third kappa shape index (κ3) is 5.65. The van der Waals surface area contributed by atoms with Crippen LogP contribution in [-0.2, 0) is 4.74 Å². The fourth-order valence-electron chi connectivity index (χ4n) is 3.61. The molecule has 3 N–H and O–H groups in total. The average Bonchev–Trinajstić information content (AvgIpc) is 3.36. The Morgan fingerprint density at radius 2 is 2.15 bits per heavy atom. The molecule has 1 aliphatic heterocycles. The Morgan fingerprint density at radius 1 is 1.27 bits per heavy atom. The first kappa shape index (κ1) is 22.7. The van der Waals surface area contributed by atoms with E-state index in [1.165, 1.54) is 0 Å². The fourth-order valence-corrected chi connectivity index (χ4v) is 3.61. The molecule has 3 aromatic rings. The van der Waals surface area contributed by atoms with Crippen LogP contribution in [0.3, 0.4) is 0 Å². The number of aryl methyl sites for hydroxylation is 1. The molecule has 2 aromatic heterocycles. The average molecular weight is 447 g/mol. The summed E-state index contributed by atoms with van der Waals surface area (Å²) in [6, 6.07) is 14.4. The van der Waals surface area contributed by atoms with Crippen molar-refractivity contribution in [3.05, 3.63) is 65.5 Å². The number of aliphatic hydroxyl groups excluding tert-OH is 1. The van der Waals surface area contributed by atoms with Gasteiger partial charge in [0.1, 0.15) is 18.1 Å². The second kappa shape index (κ2) is 10.4. The summed E-state index contributed by atoms with van der Waals surface area (Å²) >= 11 is 0. The highest BCUT2D eigenvalue weighted by Gasteiger charge is 2.17. The number of aliphatic hydroxyl groups is 1. The van der Waals surface area contributed by atoms with Gasteiger partial charge in [-0.05, 0) is 44.0 Å². The number of hydrogen-bond acceptors (Lipinski definition) is 8. The molecule has 1 aliphatic rings. The zero-order chi connectivity index (χ0) is 23.2. The lowest BCUT2D eigenvalue weighted by Gasteiger charge is -2.15. The van der Waals surface area contributed by atoms with Gasteiger partial charge in [0.25, 0.3) is 0 Å². The van der Waals surface area contributed by atoms with Crippen molar-refractivity contribution in [2.75, 3.05) is 19.8 Å². The van der Waals surface area contributed by atoms with Gasteiger partial charge in [-0.15, -0.1) is 0 Å². The molecule has 2 atom stereocenters. The number of pyridine rings is 2. The molecular weight excluding hydrogens is 420 g/mol. The molecule has 8 heteroatoms. The van der Waals surface area contributed by atoms with Crippen LogP contribution in [0, 0.1) is 18.3 Å². The largest absolute Gasteiger partial charge is 0.475 e. The van der Waals surface area contributed by atoms with Crippen molar-refractivity contribution in [1.82, 2.24) is 9.97 Å². The normalized spacial score (nSPS) is 16.2. The van der Waals surface area contributed by atoms with Crippen molar-refractivity contribution >= 4 is 0 Å². The predicted molar refractivity (Wildman–Crippen MR) is 122 cm³/mol. The van der Waals surface area contributed by atoms with E-state index in [9.17, 15) is 10.4 Å². The Balaban J connectivity index is 1.60. The standard InChI is InChI=1S/C25H26N4O4/c1-16-9-20(11-25(29-16)32-15-19-3-2-8-31-19)33-24-10-17(12-26)4-6-21(24)22-7-5-18(14-28-22)23(30)13-27/h4-7,9-11,14,19,23,30H,2-3,8,13,15,27H2,1H3. The van der Waals surface area contributed by atoms with E-state index in [1.54, 1.807) is 48.7 Å². The quantitative estimate of drug-likeness (QED) is 0.537. The summed E-state index contributed by atoms with van der Waals surface area (Å²) < 4.78 is 17.6. The molecule has 3 heterocycles. The van der Waals surface area contributed by atoms with Gasteiger partial charge < -0.3 is 25.1 Å². The molecule has 0 aliphatic carbocycles. The minimum Gasteiger partial charge on any atom is -0.475 e. The molecule has 0 saturated carbocycles. The minimum absolute atomic E-state index is 0.0856. The molecule has 1 fully saturated rings. The molecule has 0 bridgehead atoms. The molecule has 8 nitrogen and oxygen atoms in total. The maximum absolute atomic E-state index is 9.92. The summed E-state index contributed by atoms with van der Waals surface area (Å²) in [5, 5.41) is 19.3. The molecule has 4 rings (SSSR count). The second-order valence-corrected chi connectivity index (χ2v) is 7.88. The molecule has 0 radical (unpaired) electrons. The summed E-state index contributed by atoms with van der Waals surface area (Å²) in [6.07, 6.45) is 2.93. The number of benzene rings is 1. The molecule has 0 spiro atoms. The molecule has 1 aromatic carbocycles. The maximum atomic E-state index is 9.92. The molecule has 170 valence electrons. The van der Waals surface area contributed by atoms with Gasteiger partial charge in [0, 0.05) is 48.3 Å². The van der Waals surface area contributed by atoms with Crippen LogP contribution in [0.5, 0.6) is 17.4 Å². The van der Waals surface area contributed by atoms with Crippen molar-refractivity contribution in [3.63, 3.8) is 0 Å². The van der Waals surface area contributed by atoms with E-state index in [0.717, 1.165) is 25.1 Å². The zero-order valence-corrected chi connectivity index (χ0v) is 18.4. The fraction of sp³-hybridized carbons (Fsp3) is 0.320. The smallest absolute Gasteiger partial charge is 0.217 e. The SMILES string of the molecule is Cc1cc(Oc2cc(C#N)ccc2-c2ccc(C(O)CN)cn2)cc(OCC2CCCO2)n1. The first-order valence-electron chi connectivity index (χ1n) is 10.9. The Bertz CT molecular complexity index is 1140. The third-order valence-corrected chi connectivity index (χ3v) is 5.35. The number of nitrogens with two attached hydrogens (primary N) is 1. The lowest BCUT2D eigenvalue weighted by atomic mass is 10.1. The van der Waals surface area contributed by atoms with Crippen molar-refractivity contribution in [2.45, 2.75) is 32.0 Å². The van der Waals surface area contributed by atoms with Crippen molar-refractivity contribution in [1.29, 1.82) is 5.26 Å². The first-order chi connectivity index (χ1) is 16.1. The summed E-state index contributed by atoms with van der Waals surface area (Å²) in [5.74, 6) is 1.47. The van der Waals surface area contributed by atoms with Gasteiger partial charge in [-0.1, -0.05) is 6.07 Å².